The maximum atomic E-state index is 12.5. The predicted octanol–water partition coefficient (Wildman–Crippen LogP) is 2.90. The van der Waals surface area contributed by atoms with Crippen LogP contribution in [-0.2, 0) is 25.9 Å². The molecule has 0 radical (unpaired) electrons. The van der Waals surface area contributed by atoms with E-state index in [9.17, 15) is 39.6 Å². The second-order valence-electron chi connectivity index (χ2n) is 5.19. The third-order valence-electron chi connectivity index (χ3n) is 2.91. The minimum atomic E-state index is -4.86. The summed E-state index contributed by atoms with van der Waals surface area (Å²) in [5.41, 5.74) is -1.26. The summed E-state index contributed by atoms with van der Waals surface area (Å²) in [5, 5.41) is 0. The van der Waals surface area contributed by atoms with Crippen molar-refractivity contribution in [2.75, 3.05) is 26.6 Å². The van der Waals surface area contributed by atoms with Gasteiger partial charge >= 0.3 is 18.3 Å². The SMILES string of the molecule is COC(=O)c1ccc(S(C)(=O)=O)c(COCC(F)(F)F)c1OCC(F)(F)F. The van der Waals surface area contributed by atoms with Gasteiger partial charge in [-0.05, 0) is 12.1 Å². The number of ether oxygens (including phenoxy) is 3. The predicted molar refractivity (Wildman–Crippen MR) is 78.2 cm³/mol. The van der Waals surface area contributed by atoms with Gasteiger partial charge in [0.05, 0.1) is 18.6 Å². The van der Waals surface area contributed by atoms with Gasteiger partial charge in [0.1, 0.15) is 17.9 Å². The van der Waals surface area contributed by atoms with Gasteiger partial charge in [0.2, 0.25) is 0 Å². The van der Waals surface area contributed by atoms with Crippen LogP contribution in [0.15, 0.2) is 17.0 Å². The minimum absolute atomic E-state index is 0.597. The van der Waals surface area contributed by atoms with Crippen LogP contribution in [0.2, 0.25) is 0 Å². The molecule has 0 heterocycles. The number of hydrogen-bond acceptors (Lipinski definition) is 6. The van der Waals surface area contributed by atoms with Crippen molar-refractivity contribution in [1.29, 1.82) is 0 Å². The average Bonchev–Trinajstić information content (AvgIpc) is 2.49. The zero-order chi connectivity index (χ0) is 21.0. The molecular formula is C14H14F6O6S. The van der Waals surface area contributed by atoms with Gasteiger partial charge in [0.15, 0.2) is 16.4 Å². The second-order valence-corrected chi connectivity index (χ2v) is 7.18. The zero-order valence-corrected chi connectivity index (χ0v) is 14.7. The van der Waals surface area contributed by atoms with Crippen molar-refractivity contribution in [1.82, 2.24) is 0 Å². The van der Waals surface area contributed by atoms with Crippen molar-refractivity contribution in [3.8, 4) is 5.75 Å². The number of rotatable bonds is 7. The number of halogens is 6. The fraction of sp³-hybridized carbons (Fsp3) is 0.500. The van der Waals surface area contributed by atoms with Gasteiger partial charge in [-0.15, -0.1) is 0 Å². The second kappa shape index (κ2) is 8.33. The lowest BCUT2D eigenvalue weighted by atomic mass is 10.1. The van der Waals surface area contributed by atoms with Gasteiger partial charge < -0.3 is 14.2 Å². The van der Waals surface area contributed by atoms with Crippen LogP contribution in [0.3, 0.4) is 0 Å². The first-order valence-corrected chi connectivity index (χ1v) is 8.83. The Balaban J connectivity index is 3.49. The third kappa shape index (κ3) is 7.25. The van der Waals surface area contributed by atoms with Crippen LogP contribution in [0.4, 0.5) is 26.3 Å². The van der Waals surface area contributed by atoms with E-state index in [1.54, 1.807) is 0 Å². The van der Waals surface area contributed by atoms with E-state index in [4.69, 9.17) is 0 Å². The molecule has 1 aromatic rings. The number of methoxy groups -OCH3 is 1. The molecule has 0 unspecified atom stereocenters. The monoisotopic (exact) mass is 424 g/mol. The molecule has 0 saturated carbocycles. The fourth-order valence-electron chi connectivity index (χ4n) is 1.95. The van der Waals surface area contributed by atoms with E-state index in [1.807, 2.05) is 0 Å². The first kappa shape index (κ1) is 23.0. The molecule has 27 heavy (non-hydrogen) atoms. The average molecular weight is 424 g/mol. The molecule has 0 amide bonds. The lowest BCUT2D eigenvalue weighted by Crippen LogP contribution is -2.22. The van der Waals surface area contributed by atoms with E-state index in [0.717, 1.165) is 19.2 Å². The summed E-state index contributed by atoms with van der Waals surface area (Å²) in [5.74, 6) is -2.06. The molecule has 0 aliphatic carbocycles. The summed E-state index contributed by atoms with van der Waals surface area (Å²) in [6, 6.07) is 1.68. The molecule has 0 aromatic heterocycles. The van der Waals surface area contributed by atoms with Crippen LogP contribution in [0.25, 0.3) is 0 Å². The maximum Gasteiger partial charge on any atom is 0.422 e. The van der Waals surface area contributed by atoms with Crippen molar-refractivity contribution in [2.24, 2.45) is 0 Å². The van der Waals surface area contributed by atoms with Crippen LogP contribution >= 0.6 is 0 Å². The fourth-order valence-corrected chi connectivity index (χ4v) is 2.87. The van der Waals surface area contributed by atoms with Gasteiger partial charge in [0.25, 0.3) is 0 Å². The molecule has 0 aliphatic heterocycles. The van der Waals surface area contributed by atoms with Gasteiger partial charge in [-0.3, -0.25) is 0 Å². The maximum absolute atomic E-state index is 12.5. The van der Waals surface area contributed by atoms with Crippen LogP contribution in [-0.4, -0.2) is 53.3 Å². The quantitative estimate of drug-likeness (QED) is 0.495. The normalized spacial score (nSPS) is 12.7. The highest BCUT2D eigenvalue weighted by molar-refractivity contribution is 7.90. The summed E-state index contributed by atoms with van der Waals surface area (Å²) < 4.78 is 111. The lowest BCUT2D eigenvalue weighted by molar-refractivity contribution is -0.177. The highest BCUT2D eigenvalue weighted by Gasteiger charge is 2.33. The molecule has 0 aliphatic rings. The van der Waals surface area contributed by atoms with Crippen LogP contribution < -0.4 is 4.74 Å². The minimum Gasteiger partial charge on any atom is -0.483 e. The van der Waals surface area contributed by atoms with E-state index in [2.05, 4.69) is 14.2 Å². The Kier molecular flexibility index (Phi) is 7.11. The Morgan fingerprint density at radius 3 is 2.04 bits per heavy atom. The summed E-state index contributed by atoms with van der Waals surface area (Å²) in [6.45, 7) is -4.78. The molecule has 1 rings (SSSR count). The van der Waals surface area contributed by atoms with Crippen molar-refractivity contribution in [3.05, 3.63) is 23.3 Å². The Hall–Kier alpha value is -2.02. The number of hydrogen-bond donors (Lipinski definition) is 0. The summed E-state index contributed by atoms with van der Waals surface area (Å²) in [7, 11) is -3.20. The van der Waals surface area contributed by atoms with E-state index < -0.39 is 69.8 Å². The molecule has 0 atom stereocenters. The highest BCUT2D eigenvalue weighted by Crippen LogP contribution is 2.33. The zero-order valence-electron chi connectivity index (χ0n) is 13.9. The first-order valence-electron chi connectivity index (χ1n) is 6.94. The Bertz CT molecular complexity index is 785. The standard InChI is InChI=1S/C14H14F6O6S/c1-24-12(21)8-3-4-10(27(2,22)23)9(5-25-6-13(15,16)17)11(8)26-7-14(18,19)20/h3-4H,5-7H2,1-2H3. The van der Waals surface area contributed by atoms with Gasteiger partial charge in [-0.1, -0.05) is 0 Å². The number of benzene rings is 1. The van der Waals surface area contributed by atoms with Crippen LogP contribution in [0, 0.1) is 0 Å². The molecule has 0 fully saturated rings. The van der Waals surface area contributed by atoms with E-state index in [1.165, 1.54) is 0 Å². The molecule has 1 aromatic carbocycles. The molecule has 0 N–H and O–H groups in total. The number of sulfone groups is 1. The molecule has 6 nitrogen and oxygen atoms in total. The topological polar surface area (TPSA) is 78.9 Å². The molecule has 0 spiro atoms. The third-order valence-corrected chi connectivity index (χ3v) is 4.10. The molecular weight excluding hydrogens is 410 g/mol. The molecule has 13 heteroatoms. The lowest BCUT2D eigenvalue weighted by Gasteiger charge is -2.19. The molecule has 0 bridgehead atoms. The van der Waals surface area contributed by atoms with Crippen molar-refractivity contribution < 1.29 is 53.8 Å². The number of carbonyl (C=O) groups is 1. The van der Waals surface area contributed by atoms with Crippen molar-refractivity contribution in [3.63, 3.8) is 0 Å². The van der Waals surface area contributed by atoms with Crippen LogP contribution in [0.1, 0.15) is 15.9 Å². The first-order chi connectivity index (χ1) is 12.2. The number of alkyl halides is 6. The molecule has 0 saturated heterocycles. The Morgan fingerprint density at radius 1 is 1.04 bits per heavy atom. The number of carbonyl (C=O) groups excluding carboxylic acids is 1. The van der Waals surface area contributed by atoms with Crippen molar-refractivity contribution in [2.45, 2.75) is 23.9 Å². The number of esters is 1. The highest BCUT2D eigenvalue weighted by atomic mass is 32.2. The van der Waals surface area contributed by atoms with Gasteiger partial charge in [0, 0.05) is 11.8 Å². The molecule has 154 valence electrons. The van der Waals surface area contributed by atoms with E-state index in [0.29, 0.717) is 6.26 Å². The summed E-state index contributed by atoms with van der Waals surface area (Å²) >= 11 is 0. The summed E-state index contributed by atoms with van der Waals surface area (Å²) in [6.07, 6.45) is -8.95. The largest absolute Gasteiger partial charge is 0.483 e. The van der Waals surface area contributed by atoms with Gasteiger partial charge in [-0.25, -0.2) is 13.2 Å². The summed E-state index contributed by atoms with van der Waals surface area (Å²) in [4.78, 5) is 11.1. The smallest absolute Gasteiger partial charge is 0.422 e. The van der Waals surface area contributed by atoms with E-state index in [-0.39, 0.29) is 0 Å². The van der Waals surface area contributed by atoms with Crippen LogP contribution in [0.5, 0.6) is 5.75 Å². The van der Waals surface area contributed by atoms with Crippen molar-refractivity contribution >= 4 is 15.8 Å². The van der Waals surface area contributed by atoms with E-state index >= 15 is 0 Å². The Morgan fingerprint density at radius 2 is 1.59 bits per heavy atom. The van der Waals surface area contributed by atoms with Gasteiger partial charge in [-0.2, -0.15) is 26.3 Å². The Labute approximate surface area is 149 Å².